The first-order valence-electron chi connectivity index (χ1n) is 4.69. The smallest absolute Gasteiger partial charge is 0.302 e. The number of nitrogens with zero attached hydrogens (tertiary/aromatic N) is 1. The van der Waals surface area contributed by atoms with Crippen LogP contribution in [0.1, 0.15) is 13.8 Å². The number of β-lactam (4-membered cyclic amide) rings is 1. The van der Waals surface area contributed by atoms with Gasteiger partial charge in [-0.25, -0.2) is 0 Å². The van der Waals surface area contributed by atoms with Gasteiger partial charge < -0.3 is 9.64 Å². The number of thioether (sulfide) groups is 1. The average molecular weight is 215 g/mol. The molecule has 2 aliphatic heterocycles. The molecule has 0 aromatic carbocycles. The number of ether oxygens (including phenoxy) is 1. The largest absolute Gasteiger partial charge is 0.465 e. The Balaban J connectivity index is 1.90. The molecule has 2 saturated heterocycles. The summed E-state index contributed by atoms with van der Waals surface area (Å²) in [7, 11) is 0. The normalized spacial score (nSPS) is 35.1. The van der Waals surface area contributed by atoms with Crippen molar-refractivity contribution in [1.82, 2.24) is 4.90 Å². The SMILES string of the molecule is CC(=O)OCC1C(=O)N2C[C@@H](C)S[C@H]12. The lowest BCUT2D eigenvalue weighted by molar-refractivity contribution is -0.157. The maximum atomic E-state index is 11.5. The highest BCUT2D eigenvalue weighted by Gasteiger charge is 2.52. The maximum Gasteiger partial charge on any atom is 0.302 e. The minimum absolute atomic E-state index is 0.103. The van der Waals surface area contributed by atoms with Crippen LogP contribution >= 0.6 is 11.8 Å². The Morgan fingerprint density at radius 2 is 2.43 bits per heavy atom. The second-order valence-electron chi connectivity index (χ2n) is 3.74. The molecule has 1 unspecified atom stereocenters. The third kappa shape index (κ3) is 1.49. The minimum Gasteiger partial charge on any atom is -0.465 e. The highest BCUT2D eigenvalue weighted by molar-refractivity contribution is 8.00. The number of fused-ring (bicyclic) bond motifs is 1. The van der Waals surface area contributed by atoms with E-state index in [1.165, 1.54) is 6.92 Å². The molecule has 0 N–H and O–H groups in total. The van der Waals surface area contributed by atoms with Crippen molar-refractivity contribution in [3.8, 4) is 0 Å². The predicted octanol–water partition coefficient (Wildman–Crippen LogP) is 0.469. The predicted molar refractivity (Wildman–Crippen MR) is 52.7 cm³/mol. The Bertz CT molecular complexity index is 281. The van der Waals surface area contributed by atoms with Crippen molar-refractivity contribution < 1.29 is 14.3 Å². The Morgan fingerprint density at radius 1 is 1.71 bits per heavy atom. The second kappa shape index (κ2) is 3.46. The second-order valence-corrected chi connectivity index (χ2v) is 5.30. The molecule has 0 aromatic rings. The number of esters is 1. The zero-order valence-electron chi connectivity index (χ0n) is 8.23. The Labute approximate surface area is 87.0 Å². The molecule has 0 spiro atoms. The number of carbonyl (C=O) groups is 2. The van der Waals surface area contributed by atoms with Gasteiger partial charge in [0, 0.05) is 18.7 Å². The van der Waals surface area contributed by atoms with Crippen LogP contribution in [0.5, 0.6) is 0 Å². The molecule has 0 aliphatic carbocycles. The summed E-state index contributed by atoms with van der Waals surface area (Å²) in [6.07, 6.45) is 0. The van der Waals surface area contributed by atoms with E-state index in [2.05, 4.69) is 6.92 Å². The van der Waals surface area contributed by atoms with E-state index >= 15 is 0 Å². The highest BCUT2D eigenvalue weighted by Crippen LogP contribution is 2.43. The molecule has 2 rings (SSSR count). The van der Waals surface area contributed by atoms with E-state index in [0.29, 0.717) is 5.25 Å². The van der Waals surface area contributed by atoms with Crippen LogP contribution in [0.15, 0.2) is 0 Å². The van der Waals surface area contributed by atoms with E-state index in [0.717, 1.165) is 6.54 Å². The summed E-state index contributed by atoms with van der Waals surface area (Å²) in [5.41, 5.74) is 0. The van der Waals surface area contributed by atoms with Crippen LogP contribution in [0.4, 0.5) is 0 Å². The summed E-state index contributed by atoms with van der Waals surface area (Å²) >= 11 is 1.79. The molecule has 14 heavy (non-hydrogen) atoms. The van der Waals surface area contributed by atoms with Crippen molar-refractivity contribution >= 4 is 23.6 Å². The Hall–Kier alpha value is -0.710. The topological polar surface area (TPSA) is 46.6 Å². The molecule has 2 aliphatic rings. The highest BCUT2D eigenvalue weighted by atomic mass is 32.2. The molecule has 4 nitrogen and oxygen atoms in total. The van der Waals surface area contributed by atoms with Crippen molar-refractivity contribution in [3.63, 3.8) is 0 Å². The van der Waals surface area contributed by atoms with Crippen LogP contribution in [0.25, 0.3) is 0 Å². The molecule has 3 atom stereocenters. The van der Waals surface area contributed by atoms with Gasteiger partial charge in [0.2, 0.25) is 5.91 Å². The van der Waals surface area contributed by atoms with Gasteiger partial charge in [-0.2, -0.15) is 0 Å². The zero-order chi connectivity index (χ0) is 10.3. The molecule has 0 saturated carbocycles. The fraction of sp³-hybridized carbons (Fsp3) is 0.778. The lowest BCUT2D eigenvalue weighted by atomic mass is 9.99. The lowest BCUT2D eigenvalue weighted by Gasteiger charge is -2.40. The summed E-state index contributed by atoms with van der Waals surface area (Å²) in [4.78, 5) is 24.0. The quantitative estimate of drug-likeness (QED) is 0.496. The van der Waals surface area contributed by atoms with Gasteiger partial charge >= 0.3 is 5.97 Å². The molecule has 2 heterocycles. The van der Waals surface area contributed by atoms with Crippen LogP contribution in [0.3, 0.4) is 0 Å². The molecule has 1 amide bonds. The molecule has 0 bridgehead atoms. The van der Waals surface area contributed by atoms with Gasteiger partial charge in [-0.3, -0.25) is 9.59 Å². The van der Waals surface area contributed by atoms with Crippen molar-refractivity contribution in [2.24, 2.45) is 5.92 Å². The maximum absolute atomic E-state index is 11.5. The van der Waals surface area contributed by atoms with Gasteiger partial charge in [-0.1, -0.05) is 6.92 Å². The molecule has 0 aromatic heterocycles. The fourth-order valence-corrected chi connectivity index (χ4v) is 3.32. The van der Waals surface area contributed by atoms with E-state index in [9.17, 15) is 9.59 Å². The van der Waals surface area contributed by atoms with Crippen molar-refractivity contribution in [1.29, 1.82) is 0 Å². The van der Waals surface area contributed by atoms with Gasteiger partial charge in [0.1, 0.15) is 12.5 Å². The molecule has 78 valence electrons. The molecule has 5 heteroatoms. The number of amides is 1. The number of carbonyl (C=O) groups excluding carboxylic acids is 2. The van der Waals surface area contributed by atoms with Crippen LogP contribution in [-0.2, 0) is 14.3 Å². The first kappa shape index (κ1) is 9.83. The van der Waals surface area contributed by atoms with Gasteiger partial charge in [0.15, 0.2) is 0 Å². The molecule has 2 fully saturated rings. The third-order valence-electron chi connectivity index (χ3n) is 2.54. The zero-order valence-corrected chi connectivity index (χ0v) is 9.04. The number of hydrogen-bond acceptors (Lipinski definition) is 4. The van der Waals surface area contributed by atoms with E-state index in [1.807, 2.05) is 4.90 Å². The lowest BCUT2D eigenvalue weighted by Crippen LogP contribution is -2.58. The Morgan fingerprint density at radius 3 is 3.07 bits per heavy atom. The van der Waals surface area contributed by atoms with Gasteiger partial charge in [0.05, 0.1) is 5.37 Å². The monoisotopic (exact) mass is 215 g/mol. The molecular formula is C9H13NO3S. The van der Waals surface area contributed by atoms with Crippen LogP contribution in [0, 0.1) is 5.92 Å². The van der Waals surface area contributed by atoms with Crippen molar-refractivity contribution in [2.75, 3.05) is 13.2 Å². The first-order chi connectivity index (χ1) is 6.59. The van der Waals surface area contributed by atoms with Crippen LogP contribution < -0.4 is 0 Å². The summed E-state index contributed by atoms with van der Waals surface area (Å²) in [6.45, 7) is 4.56. The Kier molecular flexibility index (Phi) is 2.43. The van der Waals surface area contributed by atoms with E-state index in [4.69, 9.17) is 4.74 Å². The van der Waals surface area contributed by atoms with E-state index < -0.39 is 0 Å². The standard InChI is InChI=1S/C9H13NO3S/c1-5-3-10-8(12)7(9(10)14-5)4-13-6(2)11/h5,7,9H,3-4H2,1-2H3/t5-,7?,9-/m1/s1. The van der Waals surface area contributed by atoms with Crippen molar-refractivity contribution in [2.45, 2.75) is 24.5 Å². The van der Waals surface area contributed by atoms with E-state index in [1.54, 1.807) is 11.8 Å². The van der Waals surface area contributed by atoms with Crippen LogP contribution in [-0.4, -0.2) is 40.6 Å². The average Bonchev–Trinajstić information content (AvgIpc) is 2.44. The van der Waals surface area contributed by atoms with Crippen LogP contribution in [0.2, 0.25) is 0 Å². The molecule has 0 radical (unpaired) electrons. The van der Waals surface area contributed by atoms with Gasteiger partial charge in [0.25, 0.3) is 0 Å². The molecular weight excluding hydrogens is 202 g/mol. The number of rotatable bonds is 2. The summed E-state index contributed by atoms with van der Waals surface area (Å²) in [5, 5.41) is 0.753. The van der Waals surface area contributed by atoms with Crippen molar-refractivity contribution in [3.05, 3.63) is 0 Å². The summed E-state index contributed by atoms with van der Waals surface area (Å²) < 4.78 is 4.86. The number of hydrogen-bond donors (Lipinski definition) is 0. The van der Waals surface area contributed by atoms with Gasteiger partial charge in [-0.05, 0) is 0 Å². The summed E-state index contributed by atoms with van der Waals surface area (Å²) in [6, 6.07) is 0. The fourth-order valence-electron chi connectivity index (χ4n) is 1.88. The first-order valence-corrected chi connectivity index (χ1v) is 5.63. The summed E-state index contributed by atoms with van der Waals surface area (Å²) in [5.74, 6) is -0.283. The van der Waals surface area contributed by atoms with Gasteiger partial charge in [-0.15, -0.1) is 11.8 Å². The minimum atomic E-state index is -0.313. The third-order valence-corrected chi connectivity index (χ3v) is 4.02. The van der Waals surface area contributed by atoms with E-state index in [-0.39, 0.29) is 29.8 Å².